The van der Waals surface area contributed by atoms with Crippen LogP contribution in [0.25, 0.3) is 22.3 Å². The second kappa shape index (κ2) is 8.53. The molecule has 1 aromatic carbocycles. The van der Waals surface area contributed by atoms with E-state index in [0.717, 1.165) is 46.8 Å². The normalized spacial score (nSPS) is 14.4. The summed E-state index contributed by atoms with van der Waals surface area (Å²) in [6, 6.07) is 14.1. The number of hydrogen-bond donors (Lipinski definition) is 2. The number of benzene rings is 1. The average Bonchev–Trinajstić information content (AvgIpc) is 3.24. The fourth-order valence-electron chi connectivity index (χ4n) is 3.64. The highest BCUT2D eigenvalue weighted by atomic mass is 16.5. The molecule has 0 amide bonds. The molecule has 0 radical (unpaired) electrons. The Labute approximate surface area is 180 Å². The maximum Gasteiger partial charge on any atom is 0.246 e. The van der Waals surface area contributed by atoms with Crippen LogP contribution in [0.5, 0.6) is 0 Å². The largest absolute Gasteiger partial charge is 0.378 e. The van der Waals surface area contributed by atoms with Crippen molar-refractivity contribution < 1.29 is 4.74 Å². The van der Waals surface area contributed by atoms with Crippen LogP contribution in [0, 0.1) is 6.92 Å². The molecule has 156 valence electrons. The van der Waals surface area contributed by atoms with Crippen molar-refractivity contribution in [1.82, 2.24) is 19.9 Å². The van der Waals surface area contributed by atoms with Crippen molar-refractivity contribution in [2.45, 2.75) is 6.92 Å². The molecule has 0 bridgehead atoms. The number of aromatic nitrogens is 4. The molecule has 0 aliphatic carbocycles. The molecule has 1 aliphatic heterocycles. The summed E-state index contributed by atoms with van der Waals surface area (Å²) in [5.41, 5.74) is 8.87. The predicted octanol–water partition coefficient (Wildman–Crippen LogP) is 3.61. The number of nitrogens with zero attached hydrogens (tertiary/aromatic N) is 5. The van der Waals surface area contributed by atoms with E-state index in [4.69, 9.17) is 9.72 Å². The quantitative estimate of drug-likeness (QED) is 0.384. The van der Waals surface area contributed by atoms with Crippen molar-refractivity contribution in [3.63, 3.8) is 0 Å². The van der Waals surface area contributed by atoms with Gasteiger partial charge in [0.25, 0.3) is 0 Å². The van der Waals surface area contributed by atoms with Crippen LogP contribution in [-0.4, -0.2) is 52.5 Å². The molecule has 31 heavy (non-hydrogen) atoms. The first-order chi connectivity index (χ1) is 15.3. The summed E-state index contributed by atoms with van der Waals surface area (Å²) in [5, 5.41) is 4.35. The van der Waals surface area contributed by atoms with Gasteiger partial charge >= 0.3 is 0 Å². The first kappa shape index (κ1) is 19.2. The van der Waals surface area contributed by atoms with Crippen LogP contribution >= 0.6 is 0 Å². The number of nitrogens with one attached hydrogen (secondary N) is 2. The molecular weight excluding hydrogens is 390 g/mol. The number of pyridine rings is 1. The fraction of sp³-hybridized carbons (Fsp3) is 0.217. The van der Waals surface area contributed by atoms with Gasteiger partial charge in [-0.15, -0.1) is 0 Å². The third kappa shape index (κ3) is 4.24. The zero-order chi connectivity index (χ0) is 21.0. The van der Waals surface area contributed by atoms with Gasteiger partial charge in [-0.3, -0.25) is 4.98 Å². The average molecular weight is 413 g/mol. The third-order valence-electron chi connectivity index (χ3n) is 5.16. The number of aromatic amines is 1. The molecule has 5 rings (SSSR count). The Balaban J connectivity index is 1.50. The summed E-state index contributed by atoms with van der Waals surface area (Å²) in [6.45, 7) is 4.97. The maximum atomic E-state index is 5.52. The number of aryl methyl sites for hydroxylation is 1. The summed E-state index contributed by atoms with van der Waals surface area (Å²) in [6.07, 6.45) is 5.37. The van der Waals surface area contributed by atoms with E-state index < -0.39 is 0 Å². The van der Waals surface area contributed by atoms with Crippen molar-refractivity contribution in [1.29, 1.82) is 0 Å². The van der Waals surface area contributed by atoms with E-state index in [2.05, 4.69) is 49.4 Å². The van der Waals surface area contributed by atoms with Crippen LogP contribution in [0.2, 0.25) is 0 Å². The monoisotopic (exact) mass is 413 g/mol. The molecule has 4 aromatic rings. The lowest BCUT2D eigenvalue weighted by atomic mass is 10.2. The second-order valence-electron chi connectivity index (χ2n) is 7.44. The van der Waals surface area contributed by atoms with Gasteiger partial charge in [0, 0.05) is 36.7 Å². The molecule has 8 heteroatoms. The molecule has 0 spiro atoms. The van der Waals surface area contributed by atoms with Gasteiger partial charge in [0.2, 0.25) is 5.95 Å². The van der Waals surface area contributed by atoms with E-state index in [9.17, 15) is 0 Å². The highest BCUT2D eigenvalue weighted by molar-refractivity contribution is 5.92. The minimum atomic E-state index is 0.453. The zero-order valence-electron chi connectivity index (χ0n) is 17.2. The van der Waals surface area contributed by atoms with Crippen molar-refractivity contribution >= 4 is 29.0 Å². The molecular formula is C23H23N7O. The standard InChI is InChI=1S/C23H23N7O/c1-16-4-2-5-17(12-16)14-25-29-23-27-20-13-19(18-6-3-7-24-15-18)26-21(20)22(28-23)30-8-10-31-11-9-30/h2-7,12-15,26H,8-11H2,1H3,(H,27,28,29)/b25-14+. The molecule has 0 saturated carbocycles. The molecule has 4 heterocycles. The van der Waals surface area contributed by atoms with Crippen molar-refractivity contribution in [3.8, 4) is 11.3 Å². The summed E-state index contributed by atoms with van der Waals surface area (Å²) in [4.78, 5) is 19.4. The van der Waals surface area contributed by atoms with Crippen molar-refractivity contribution in [3.05, 3.63) is 66.0 Å². The van der Waals surface area contributed by atoms with E-state index in [1.54, 1.807) is 12.4 Å². The number of rotatable bonds is 5. The van der Waals surface area contributed by atoms with Gasteiger partial charge in [0.15, 0.2) is 5.82 Å². The summed E-state index contributed by atoms with van der Waals surface area (Å²) in [5.74, 6) is 1.30. The fourth-order valence-corrected chi connectivity index (χ4v) is 3.64. The van der Waals surface area contributed by atoms with Gasteiger partial charge in [-0.05, 0) is 30.7 Å². The minimum Gasteiger partial charge on any atom is -0.378 e. The molecule has 0 unspecified atom stereocenters. The van der Waals surface area contributed by atoms with Crippen molar-refractivity contribution in [2.75, 3.05) is 36.6 Å². The van der Waals surface area contributed by atoms with E-state index in [1.807, 2.05) is 36.5 Å². The van der Waals surface area contributed by atoms with E-state index in [0.29, 0.717) is 19.2 Å². The topological polar surface area (TPSA) is 91.3 Å². The van der Waals surface area contributed by atoms with E-state index in [1.165, 1.54) is 5.56 Å². The SMILES string of the molecule is Cc1cccc(/C=N/Nc2nc(N3CCOCC3)c3[nH]c(-c4cccnc4)cc3n2)c1. The van der Waals surface area contributed by atoms with Crippen LogP contribution in [-0.2, 0) is 4.74 Å². The lowest BCUT2D eigenvalue weighted by Crippen LogP contribution is -2.37. The highest BCUT2D eigenvalue weighted by Gasteiger charge is 2.19. The van der Waals surface area contributed by atoms with Gasteiger partial charge in [-0.2, -0.15) is 10.1 Å². The predicted molar refractivity (Wildman–Crippen MR) is 123 cm³/mol. The summed E-state index contributed by atoms with van der Waals surface area (Å²) in [7, 11) is 0. The first-order valence-electron chi connectivity index (χ1n) is 10.3. The van der Waals surface area contributed by atoms with Gasteiger partial charge in [-0.1, -0.05) is 29.8 Å². The van der Waals surface area contributed by atoms with Crippen LogP contribution in [0.4, 0.5) is 11.8 Å². The first-order valence-corrected chi connectivity index (χ1v) is 10.3. The summed E-state index contributed by atoms with van der Waals surface area (Å²) < 4.78 is 5.52. The Bertz CT molecular complexity index is 1210. The molecule has 3 aromatic heterocycles. The molecule has 1 saturated heterocycles. The highest BCUT2D eigenvalue weighted by Crippen LogP contribution is 2.30. The third-order valence-corrected chi connectivity index (χ3v) is 5.16. The number of hydrazone groups is 1. The number of morpholine rings is 1. The van der Waals surface area contributed by atoms with E-state index >= 15 is 0 Å². The zero-order valence-corrected chi connectivity index (χ0v) is 17.2. The lowest BCUT2D eigenvalue weighted by Gasteiger charge is -2.28. The Morgan fingerprint density at radius 2 is 2.03 bits per heavy atom. The van der Waals surface area contributed by atoms with Crippen LogP contribution in [0.3, 0.4) is 0 Å². The van der Waals surface area contributed by atoms with Gasteiger partial charge in [-0.25, -0.2) is 10.4 Å². The minimum absolute atomic E-state index is 0.453. The van der Waals surface area contributed by atoms with Crippen molar-refractivity contribution in [2.24, 2.45) is 5.10 Å². The Kier molecular flexibility index (Phi) is 5.28. The van der Waals surface area contributed by atoms with Gasteiger partial charge in [0.1, 0.15) is 5.52 Å². The van der Waals surface area contributed by atoms with Crippen LogP contribution in [0.1, 0.15) is 11.1 Å². The Morgan fingerprint density at radius 1 is 1.13 bits per heavy atom. The molecule has 8 nitrogen and oxygen atoms in total. The molecule has 0 atom stereocenters. The Morgan fingerprint density at radius 3 is 2.84 bits per heavy atom. The maximum absolute atomic E-state index is 5.52. The number of anilines is 2. The Hall–Kier alpha value is -3.78. The summed E-state index contributed by atoms with van der Waals surface area (Å²) >= 11 is 0. The number of ether oxygens (including phenoxy) is 1. The van der Waals surface area contributed by atoms with E-state index in [-0.39, 0.29) is 0 Å². The number of H-pyrrole nitrogens is 1. The molecule has 2 N–H and O–H groups in total. The van der Waals surface area contributed by atoms with Crippen LogP contribution < -0.4 is 10.3 Å². The number of fused-ring (bicyclic) bond motifs is 1. The molecule has 1 fully saturated rings. The van der Waals surface area contributed by atoms with Gasteiger partial charge < -0.3 is 14.6 Å². The van der Waals surface area contributed by atoms with Gasteiger partial charge in [0.05, 0.1) is 24.9 Å². The second-order valence-corrected chi connectivity index (χ2v) is 7.44. The smallest absolute Gasteiger partial charge is 0.246 e. The number of hydrogen-bond acceptors (Lipinski definition) is 7. The molecule has 1 aliphatic rings. The lowest BCUT2D eigenvalue weighted by molar-refractivity contribution is 0.122. The van der Waals surface area contributed by atoms with Crippen LogP contribution in [0.15, 0.2) is 60.0 Å².